The predicted octanol–water partition coefficient (Wildman–Crippen LogP) is 4.19. The van der Waals surface area contributed by atoms with Crippen molar-refractivity contribution in [2.75, 3.05) is 13.1 Å². The van der Waals surface area contributed by atoms with Crippen molar-refractivity contribution >= 4 is 23.2 Å². The van der Waals surface area contributed by atoms with Crippen molar-refractivity contribution in [3.63, 3.8) is 0 Å². The molecule has 7 heteroatoms. The van der Waals surface area contributed by atoms with Crippen molar-refractivity contribution in [3.8, 4) is 10.4 Å². The van der Waals surface area contributed by atoms with Crippen LogP contribution in [0, 0.1) is 5.41 Å². The van der Waals surface area contributed by atoms with E-state index in [2.05, 4.69) is 44.9 Å². The zero-order valence-corrected chi connectivity index (χ0v) is 19.3. The first-order valence-corrected chi connectivity index (χ1v) is 11.8. The maximum absolute atomic E-state index is 13.4. The smallest absolute Gasteiger partial charge is 0.274 e. The molecule has 1 aromatic carbocycles. The van der Waals surface area contributed by atoms with Crippen LogP contribution in [0.5, 0.6) is 0 Å². The molecule has 2 amide bonds. The Labute approximate surface area is 192 Å². The van der Waals surface area contributed by atoms with Gasteiger partial charge in [0.15, 0.2) is 0 Å². The van der Waals surface area contributed by atoms with E-state index in [1.807, 2.05) is 26.0 Å². The predicted molar refractivity (Wildman–Crippen MR) is 126 cm³/mol. The van der Waals surface area contributed by atoms with E-state index in [4.69, 9.17) is 0 Å². The Bertz CT molecular complexity index is 1060. The van der Waals surface area contributed by atoms with Crippen LogP contribution in [0.25, 0.3) is 10.4 Å². The van der Waals surface area contributed by atoms with Gasteiger partial charge >= 0.3 is 0 Å². The summed E-state index contributed by atoms with van der Waals surface area (Å²) in [5.74, 6) is -0.0602. The summed E-state index contributed by atoms with van der Waals surface area (Å²) in [6.45, 7) is 5.00. The minimum absolute atomic E-state index is 0.0613. The molecule has 0 bridgehead atoms. The van der Waals surface area contributed by atoms with Crippen molar-refractivity contribution in [2.45, 2.75) is 39.2 Å². The second-order valence-electron chi connectivity index (χ2n) is 8.60. The molecular formula is C25H28N4O2S. The van der Waals surface area contributed by atoms with Crippen molar-refractivity contribution in [2.24, 2.45) is 5.41 Å². The number of carbonyl (C=O) groups excluding carboxylic acids is 2. The van der Waals surface area contributed by atoms with Crippen LogP contribution in [0.1, 0.15) is 42.7 Å². The van der Waals surface area contributed by atoms with Gasteiger partial charge in [-0.1, -0.05) is 30.3 Å². The molecule has 1 fully saturated rings. The Morgan fingerprint density at radius 3 is 2.56 bits per heavy atom. The van der Waals surface area contributed by atoms with Crippen LogP contribution >= 0.6 is 11.3 Å². The summed E-state index contributed by atoms with van der Waals surface area (Å²) < 4.78 is 0. The van der Waals surface area contributed by atoms with Gasteiger partial charge in [0.25, 0.3) is 5.91 Å². The number of likely N-dealkylation sites (tertiary alicyclic amines) is 1. The first kappa shape index (κ1) is 22.1. The topological polar surface area (TPSA) is 75.2 Å². The maximum atomic E-state index is 13.4. The Hall–Kier alpha value is -3.06. The molecule has 166 valence electrons. The zero-order valence-electron chi connectivity index (χ0n) is 18.5. The molecule has 3 heterocycles. The minimum Gasteiger partial charge on any atom is -0.353 e. The van der Waals surface area contributed by atoms with Crippen molar-refractivity contribution in [1.29, 1.82) is 0 Å². The molecule has 1 N–H and O–H groups in total. The largest absolute Gasteiger partial charge is 0.353 e. The van der Waals surface area contributed by atoms with E-state index in [0.29, 0.717) is 38.0 Å². The van der Waals surface area contributed by atoms with Gasteiger partial charge in [0, 0.05) is 36.4 Å². The van der Waals surface area contributed by atoms with E-state index in [0.717, 1.165) is 0 Å². The van der Waals surface area contributed by atoms with E-state index in [-0.39, 0.29) is 17.9 Å². The van der Waals surface area contributed by atoms with Crippen molar-refractivity contribution in [3.05, 3.63) is 71.6 Å². The molecular weight excluding hydrogens is 420 g/mol. The molecule has 3 aromatic rings. The fraction of sp³-hybridized carbons (Fsp3) is 0.360. The third-order valence-electron chi connectivity index (χ3n) is 6.02. The van der Waals surface area contributed by atoms with Crippen LogP contribution in [-0.4, -0.2) is 45.8 Å². The Morgan fingerprint density at radius 2 is 1.91 bits per heavy atom. The fourth-order valence-electron chi connectivity index (χ4n) is 4.32. The highest BCUT2D eigenvalue weighted by Gasteiger charge is 2.43. The normalized spacial score (nSPS) is 15.5. The Morgan fingerprint density at radius 1 is 1.12 bits per heavy atom. The minimum atomic E-state index is -0.559. The summed E-state index contributed by atoms with van der Waals surface area (Å²) in [5.41, 5.74) is 2.13. The average Bonchev–Trinajstić information content (AvgIpc) is 3.34. The van der Waals surface area contributed by atoms with Crippen LogP contribution in [-0.2, 0) is 11.2 Å². The van der Waals surface area contributed by atoms with Gasteiger partial charge < -0.3 is 10.2 Å². The van der Waals surface area contributed by atoms with Gasteiger partial charge in [0.2, 0.25) is 5.91 Å². The highest BCUT2D eigenvalue weighted by atomic mass is 32.1. The molecule has 0 radical (unpaired) electrons. The lowest BCUT2D eigenvalue weighted by Gasteiger charge is -2.41. The highest BCUT2D eigenvalue weighted by molar-refractivity contribution is 7.13. The second kappa shape index (κ2) is 9.61. The lowest BCUT2D eigenvalue weighted by Crippen LogP contribution is -2.52. The standard InChI is InChI=1S/C25H28N4O2S/c1-18(2)28-24(31)25(16-19-6-3-4-7-20(19)22-8-5-15-32-22)9-13-29(14-10-25)23(30)21-17-26-11-12-27-21/h3-8,11-12,15,17-18H,9-10,13-14,16H2,1-2H3,(H,28,31). The number of nitrogens with zero attached hydrogens (tertiary/aromatic N) is 3. The van der Waals surface area contributed by atoms with E-state index in [1.165, 1.54) is 28.4 Å². The SMILES string of the molecule is CC(C)NC(=O)C1(Cc2ccccc2-c2cccs2)CCN(C(=O)c2cnccn2)CC1. The van der Waals surface area contributed by atoms with Gasteiger partial charge in [-0.05, 0) is 55.7 Å². The molecule has 0 unspecified atom stereocenters. The molecule has 6 nitrogen and oxygen atoms in total. The van der Waals surface area contributed by atoms with E-state index >= 15 is 0 Å². The van der Waals surface area contributed by atoms with Gasteiger partial charge in [-0.25, -0.2) is 4.98 Å². The van der Waals surface area contributed by atoms with E-state index in [9.17, 15) is 9.59 Å². The number of piperidine rings is 1. The van der Waals surface area contributed by atoms with Crippen LogP contribution in [0.3, 0.4) is 0 Å². The summed E-state index contributed by atoms with van der Waals surface area (Å²) in [6.07, 6.45) is 6.44. The number of hydrogen-bond acceptors (Lipinski definition) is 5. The number of nitrogens with one attached hydrogen (secondary N) is 1. The molecule has 0 atom stereocenters. The lowest BCUT2D eigenvalue weighted by molar-refractivity contribution is -0.134. The summed E-state index contributed by atoms with van der Waals surface area (Å²) in [4.78, 5) is 37.4. The van der Waals surface area contributed by atoms with Crippen LogP contribution < -0.4 is 5.32 Å². The summed E-state index contributed by atoms with van der Waals surface area (Å²) in [6, 6.07) is 12.6. The molecule has 0 aliphatic carbocycles. The number of thiophene rings is 1. The van der Waals surface area contributed by atoms with Crippen molar-refractivity contribution in [1.82, 2.24) is 20.2 Å². The third-order valence-corrected chi connectivity index (χ3v) is 6.93. The molecule has 1 saturated heterocycles. The van der Waals surface area contributed by atoms with Gasteiger partial charge in [0.05, 0.1) is 11.6 Å². The number of amides is 2. The molecule has 32 heavy (non-hydrogen) atoms. The first-order chi connectivity index (χ1) is 15.5. The molecule has 2 aromatic heterocycles. The quantitative estimate of drug-likeness (QED) is 0.613. The summed E-state index contributed by atoms with van der Waals surface area (Å²) >= 11 is 1.71. The second-order valence-corrected chi connectivity index (χ2v) is 9.55. The average molecular weight is 449 g/mol. The molecule has 1 aliphatic heterocycles. The summed E-state index contributed by atoms with van der Waals surface area (Å²) in [7, 11) is 0. The van der Waals surface area contributed by atoms with Gasteiger partial charge in [0.1, 0.15) is 5.69 Å². The fourth-order valence-corrected chi connectivity index (χ4v) is 5.11. The van der Waals surface area contributed by atoms with Gasteiger partial charge in [-0.15, -0.1) is 11.3 Å². The number of aromatic nitrogens is 2. The number of carbonyl (C=O) groups is 2. The van der Waals surface area contributed by atoms with Gasteiger partial charge in [-0.3, -0.25) is 14.6 Å². The molecule has 0 spiro atoms. The number of rotatable bonds is 6. The Kier molecular flexibility index (Phi) is 6.65. The monoisotopic (exact) mass is 448 g/mol. The third kappa shape index (κ3) is 4.72. The van der Waals surface area contributed by atoms with E-state index in [1.54, 1.807) is 22.4 Å². The highest BCUT2D eigenvalue weighted by Crippen LogP contribution is 2.39. The number of hydrogen-bond donors (Lipinski definition) is 1. The van der Waals surface area contributed by atoms with Crippen LogP contribution in [0.4, 0.5) is 0 Å². The zero-order chi connectivity index (χ0) is 22.6. The summed E-state index contributed by atoms with van der Waals surface area (Å²) in [5, 5.41) is 5.21. The maximum Gasteiger partial charge on any atom is 0.274 e. The molecule has 4 rings (SSSR count). The van der Waals surface area contributed by atoms with Crippen LogP contribution in [0.2, 0.25) is 0 Å². The molecule has 0 saturated carbocycles. The first-order valence-electron chi connectivity index (χ1n) is 11.0. The lowest BCUT2D eigenvalue weighted by atomic mass is 9.72. The van der Waals surface area contributed by atoms with Gasteiger partial charge in [-0.2, -0.15) is 0 Å². The van der Waals surface area contributed by atoms with Crippen LogP contribution in [0.15, 0.2) is 60.4 Å². The van der Waals surface area contributed by atoms with E-state index < -0.39 is 5.41 Å². The van der Waals surface area contributed by atoms with Crippen molar-refractivity contribution < 1.29 is 9.59 Å². The number of benzene rings is 1. The molecule has 1 aliphatic rings. The Balaban J connectivity index is 1.59.